The lowest BCUT2D eigenvalue weighted by atomic mass is 9.84. The van der Waals surface area contributed by atoms with Crippen molar-refractivity contribution in [1.29, 1.82) is 0 Å². The molecular formula is C42H57F3N8O4S. The molecule has 2 aromatic heterocycles. The smallest absolute Gasteiger partial charge is 0.401 e. The van der Waals surface area contributed by atoms with Crippen molar-refractivity contribution in [1.82, 2.24) is 30.2 Å². The summed E-state index contributed by atoms with van der Waals surface area (Å²) in [6.45, 7) is 13.8. The molecule has 5 atom stereocenters. The maximum absolute atomic E-state index is 13.9. The number of nitrogens with one attached hydrogen (secondary N) is 2. The van der Waals surface area contributed by atoms with Gasteiger partial charge in [0.05, 0.1) is 59.7 Å². The third-order valence-corrected chi connectivity index (χ3v) is 13.1. The molecule has 1 amide bonds. The standard InChI is InChI=1S/C42H57F3N8O4S/c1-8-52-34-12-11-27-18-29(34)31(38(52)30-19-28(22-46-36(30)25(2)56-7)51-16-14-50(6)15-17-51)21-41(4,5)24-57-40(55)32-10-9-13-53(49-32)39(54)33(47-23-42(43,44)45)20-35-48-37(27)26(3)58-35/h11-12,18-19,22,25-26,32-33,37,47,49H,8-10,13-17,20-21,23-24H2,1-7H3/t25-,26?,32-,33-,37?/m0/s1. The van der Waals surface area contributed by atoms with Crippen LogP contribution >= 0.6 is 11.8 Å². The van der Waals surface area contributed by atoms with Crippen LogP contribution in [0, 0.1) is 5.41 Å². The molecular weight excluding hydrogens is 770 g/mol. The minimum Gasteiger partial charge on any atom is -0.464 e. The lowest BCUT2D eigenvalue weighted by molar-refractivity contribution is -0.155. The fraction of sp³-hybridized carbons (Fsp3) is 0.619. The molecule has 4 aliphatic heterocycles. The Kier molecular flexibility index (Phi) is 12.5. The number of aryl methyl sites for hydroxylation is 1. The highest BCUT2D eigenvalue weighted by Gasteiger charge is 2.39. The molecule has 6 bridgehead atoms. The summed E-state index contributed by atoms with van der Waals surface area (Å²) in [5.41, 5.74) is 9.53. The number of aliphatic imine (C=N–C) groups is 1. The summed E-state index contributed by atoms with van der Waals surface area (Å²) >= 11 is 1.49. The minimum atomic E-state index is -4.52. The van der Waals surface area contributed by atoms with Crippen molar-refractivity contribution >= 4 is 45.3 Å². The van der Waals surface area contributed by atoms with E-state index in [9.17, 15) is 22.8 Å². The van der Waals surface area contributed by atoms with Crippen LogP contribution in [0.5, 0.6) is 0 Å². The molecule has 2 N–H and O–H groups in total. The number of carbonyl (C=O) groups excluding carboxylic acids is 2. The molecule has 0 spiro atoms. The van der Waals surface area contributed by atoms with Crippen molar-refractivity contribution in [3.8, 4) is 11.3 Å². The zero-order valence-corrected chi connectivity index (χ0v) is 35.4. The molecule has 12 nitrogen and oxygen atoms in total. The van der Waals surface area contributed by atoms with E-state index in [1.54, 1.807) is 7.11 Å². The van der Waals surface area contributed by atoms with Gasteiger partial charge >= 0.3 is 12.1 Å². The number of thioether (sulfide) groups is 1. The first kappa shape index (κ1) is 42.4. The van der Waals surface area contributed by atoms with Crippen LogP contribution in [0.4, 0.5) is 18.9 Å². The van der Waals surface area contributed by atoms with E-state index in [1.807, 2.05) is 13.1 Å². The Labute approximate surface area is 343 Å². The van der Waals surface area contributed by atoms with Gasteiger partial charge in [0.2, 0.25) is 0 Å². The number of anilines is 1. The molecule has 6 heterocycles. The number of piperazine rings is 1. The third-order valence-electron chi connectivity index (χ3n) is 11.9. The summed E-state index contributed by atoms with van der Waals surface area (Å²) < 4.78 is 54.8. The first-order valence-corrected chi connectivity index (χ1v) is 21.3. The Hall–Kier alpha value is -3.70. The summed E-state index contributed by atoms with van der Waals surface area (Å²) in [5, 5.41) is 5.38. The van der Waals surface area contributed by atoms with Crippen LogP contribution < -0.4 is 15.6 Å². The SMILES string of the molecule is CCn1c(-c2cc(N3CCN(C)CC3)cnc2[C@H](C)OC)c2c3cc(ccc31)C1N=C(C[C@H](NCC(F)(F)F)C(=O)N3CCC[C@H](N3)C(=O)OCC(C)(C)C2)SC1C. The fourth-order valence-electron chi connectivity index (χ4n) is 8.64. The van der Waals surface area contributed by atoms with Gasteiger partial charge in [-0.05, 0) is 69.5 Å². The second kappa shape index (κ2) is 17.1. The van der Waals surface area contributed by atoms with Crippen molar-refractivity contribution in [2.24, 2.45) is 10.4 Å². The summed E-state index contributed by atoms with van der Waals surface area (Å²) in [7, 11) is 3.84. The van der Waals surface area contributed by atoms with Gasteiger partial charge in [0.25, 0.3) is 5.91 Å². The number of hydrogen-bond donors (Lipinski definition) is 2. The van der Waals surface area contributed by atoms with Gasteiger partial charge in [0, 0.05) is 79.9 Å². The maximum Gasteiger partial charge on any atom is 0.401 e. The number of pyridine rings is 1. The van der Waals surface area contributed by atoms with Crippen LogP contribution in [-0.4, -0.2) is 120 Å². The minimum absolute atomic E-state index is 0.0110. The first-order valence-electron chi connectivity index (χ1n) is 20.4. The predicted molar refractivity (Wildman–Crippen MR) is 222 cm³/mol. The van der Waals surface area contributed by atoms with E-state index in [1.165, 1.54) is 16.8 Å². The van der Waals surface area contributed by atoms with Crippen LogP contribution in [0.1, 0.15) is 82.8 Å². The molecule has 4 aliphatic rings. The van der Waals surface area contributed by atoms with Crippen molar-refractivity contribution in [3.63, 3.8) is 0 Å². The average molecular weight is 827 g/mol. The molecule has 2 unspecified atom stereocenters. The van der Waals surface area contributed by atoms with E-state index in [4.69, 9.17) is 19.5 Å². The van der Waals surface area contributed by atoms with Crippen molar-refractivity contribution in [2.45, 2.75) is 103 Å². The number of carbonyl (C=O) groups is 2. The second-order valence-corrected chi connectivity index (χ2v) is 18.4. The second-order valence-electron chi connectivity index (χ2n) is 16.9. The topological polar surface area (TPSA) is 117 Å². The number of fused-ring (bicyclic) bond motifs is 5. The Bertz CT molecular complexity index is 2030. The lowest BCUT2D eigenvalue weighted by Crippen LogP contribution is -2.60. The number of ether oxygens (including phenoxy) is 2. The summed E-state index contributed by atoms with van der Waals surface area (Å²) in [5.74, 6) is -1.06. The van der Waals surface area contributed by atoms with E-state index in [0.29, 0.717) is 30.9 Å². The van der Waals surface area contributed by atoms with E-state index in [-0.39, 0.29) is 37.0 Å². The van der Waals surface area contributed by atoms with Gasteiger partial charge in [-0.3, -0.25) is 29.9 Å². The molecule has 0 saturated carbocycles. The van der Waals surface area contributed by atoms with Gasteiger partial charge in [-0.1, -0.05) is 26.8 Å². The largest absolute Gasteiger partial charge is 0.464 e. The van der Waals surface area contributed by atoms with E-state index in [0.717, 1.165) is 70.8 Å². The normalized spacial score (nSPS) is 25.4. The number of esters is 1. The number of benzene rings is 1. The molecule has 1 aromatic carbocycles. The van der Waals surface area contributed by atoms with Gasteiger partial charge in [-0.2, -0.15) is 13.2 Å². The highest BCUT2D eigenvalue weighted by Crippen LogP contribution is 2.45. The Morgan fingerprint density at radius 3 is 2.60 bits per heavy atom. The van der Waals surface area contributed by atoms with E-state index < -0.39 is 42.1 Å². The number of amides is 1. The van der Waals surface area contributed by atoms with Gasteiger partial charge in [0.1, 0.15) is 6.04 Å². The molecule has 2 saturated heterocycles. The van der Waals surface area contributed by atoms with Gasteiger partial charge in [-0.25, -0.2) is 5.43 Å². The van der Waals surface area contributed by atoms with Gasteiger partial charge in [-0.15, -0.1) is 11.8 Å². The van der Waals surface area contributed by atoms with Crippen molar-refractivity contribution in [2.75, 3.05) is 64.9 Å². The molecule has 316 valence electrons. The highest BCUT2D eigenvalue weighted by molar-refractivity contribution is 8.14. The number of hydrogen-bond acceptors (Lipinski definition) is 11. The number of rotatable bonds is 7. The Morgan fingerprint density at radius 1 is 1.14 bits per heavy atom. The molecule has 2 fully saturated rings. The number of aromatic nitrogens is 2. The van der Waals surface area contributed by atoms with Gasteiger partial charge < -0.3 is 23.8 Å². The maximum atomic E-state index is 13.9. The Morgan fingerprint density at radius 2 is 1.90 bits per heavy atom. The number of likely N-dealkylation sites (N-methyl/N-ethyl adjacent to an activating group) is 1. The predicted octanol–water partition coefficient (Wildman–Crippen LogP) is 6.29. The third kappa shape index (κ3) is 9.05. The van der Waals surface area contributed by atoms with Crippen molar-refractivity contribution in [3.05, 3.63) is 47.3 Å². The zero-order valence-electron chi connectivity index (χ0n) is 34.6. The van der Waals surface area contributed by atoms with E-state index in [2.05, 4.69) is 84.1 Å². The van der Waals surface area contributed by atoms with Crippen LogP contribution in [0.2, 0.25) is 0 Å². The van der Waals surface area contributed by atoms with Crippen LogP contribution in [0.25, 0.3) is 22.2 Å². The molecule has 3 aromatic rings. The number of hydrazine groups is 1. The monoisotopic (exact) mass is 826 g/mol. The summed E-state index contributed by atoms with van der Waals surface area (Å²) in [6.07, 6.45) is -1.37. The zero-order chi connectivity index (χ0) is 41.5. The quantitative estimate of drug-likeness (QED) is 0.264. The molecule has 16 heteroatoms. The Balaban J connectivity index is 1.38. The molecule has 0 aliphatic carbocycles. The molecule has 0 radical (unpaired) electrons. The van der Waals surface area contributed by atoms with Crippen LogP contribution in [-0.2, 0) is 32.0 Å². The average Bonchev–Trinajstić information content (AvgIpc) is 3.72. The number of alkyl halides is 3. The van der Waals surface area contributed by atoms with Gasteiger partial charge in [0.15, 0.2) is 0 Å². The number of cyclic esters (lactones) is 1. The fourth-order valence-corrected chi connectivity index (χ4v) is 9.86. The number of halogens is 3. The highest BCUT2D eigenvalue weighted by atomic mass is 32.2. The number of methoxy groups -OCH3 is 1. The first-order chi connectivity index (χ1) is 27.6. The number of nitrogens with zero attached hydrogens (tertiary/aromatic N) is 6. The molecule has 58 heavy (non-hydrogen) atoms. The van der Waals surface area contributed by atoms with Crippen molar-refractivity contribution < 1.29 is 32.2 Å². The summed E-state index contributed by atoms with van der Waals surface area (Å²) in [4.78, 5) is 42.4. The lowest BCUT2D eigenvalue weighted by Gasteiger charge is -2.35. The van der Waals surface area contributed by atoms with E-state index >= 15 is 0 Å². The summed E-state index contributed by atoms with van der Waals surface area (Å²) in [6, 6.07) is 6.42. The molecule has 7 rings (SSSR count). The van der Waals surface area contributed by atoms with Crippen LogP contribution in [0.15, 0.2) is 35.5 Å². The van der Waals surface area contributed by atoms with Crippen LogP contribution in [0.3, 0.4) is 0 Å².